The number of benzene rings is 2. The number of pyridine rings is 1. The predicted molar refractivity (Wildman–Crippen MR) is 228 cm³/mol. The molecule has 2 amide bonds. The van der Waals surface area contributed by atoms with Gasteiger partial charge in [-0.05, 0) is 86.6 Å². The molecule has 2 aromatic heterocycles. The van der Waals surface area contributed by atoms with Crippen molar-refractivity contribution >= 4 is 17.6 Å². The molecule has 0 spiro atoms. The van der Waals surface area contributed by atoms with E-state index >= 15 is 8.78 Å². The van der Waals surface area contributed by atoms with E-state index in [4.69, 9.17) is 4.98 Å². The van der Waals surface area contributed by atoms with Crippen LogP contribution in [0.4, 0.5) is 36.6 Å². The molecule has 12 nitrogen and oxygen atoms in total. The molecule has 0 aliphatic carbocycles. The summed E-state index contributed by atoms with van der Waals surface area (Å²) in [5.74, 6) is 3.73. The van der Waals surface area contributed by atoms with E-state index in [1.54, 1.807) is 30.5 Å². The Bertz CT molecular complexity index is 2320. The highest BCUT2D eigenvalue weighted by Crippen LogP contribution is 2.41. The van der Waals surface area contributed by atoms with E-state index in [9.17, 15) is 36.6 Å². The summed E-state index contributed by atoms with van der Waals surface area (Å²) < 4.78 is 99.1. The van der Waals surface area contributed by atoms with Crippen molar-refractivity contribution in [1.29, 1.82) is 0 Å². The van der Waals surface area contributed by atoms with Gasteiger partial charge in [0.25, 0.3) is 0 Å². The van der Waals surface area contributed by atoms with Gasteiger partial charge in [-0.15, -0.1) is 0 Å². The van der Waals surface area contributed by atoms with Gasteiger partial charge >= 0.3 is 12.7 Å². The smallest absolute Gasteiger partial charge is 0.390 e. The zero-order chi connectivity index (χ0) is 46.6. The highest BCUT2D eigenvalue weighted by atomic mass is 19.4. The number of aliphatic hydroxyl groups excluding tert-OH is 1. The van der Waals surface area contributed by atoms with Crippen LogP contribution in [0.1, 0.15) is 62.4 Å². The van der Waals surface area contributed by atoms with E-state index < -0.39 is 78.4 Å². The number of alkyl halides is 5. The first-order valence-corrected chi connectivity index (χ1v) is 21.5. The molecule has 65 heavy (non-hydrogen) atoms. The summed E-state index contributed by atoms with van der Waals surface area (Å²) in [5, 5.41) is 25.5. The maximum Gasteiger partial charge on any atom is 0.396 e. The van der Waals surface area contributed by atoms with Crippen LogP contribution in [-0.2, 0) is 22.6 Å². The van der Waals surface area contributed by atoms with E-state index in [-0.39, 0.29) is 17.5 Å². The Kier molecular flexibility index (Phi) is 14.5. The summed E-state index contributed by atoms with van der Waals surface area (Å²) in [6, 6.07) is 10.3. The number of rotatable bonds is 16. The molecule has 0 radical (unpaired) electrons. The van der Waals surface area contributed by atoms with Crippen LogP contribution in [0, 0.1) is 34.8 Å². The molecule has 5 heterocycles. The Morgan fingerprint density at radius 2 is 1.57 bits per heavy atom. The zero-order valence-electron chi connectivity index (χ0n) is 36.1. The maximum atomic E-state index is 15.1. The Balaban J connectivity index is 1.01. The van der Waals surface area contributed by atoms with Gasteiger partial charge in [0, 0.05) is 99.5 Å². The second kappa shape index (κ2) is 19.9. The Morgan fingerprint density at radius 3 is 2.12 bits per heavy atom. The van der Waals surface area contributed by atoms with Gasteiger partial charge in [-0.2, -0.15) is 27.1 Å². The Hall–Kier alpha value is -5.55. The highest BCUT2D eigenvalue weighted by molar-refractivity contribution is 5.88. The maximum absolute atomic E-state index is 15.1. The molecule has 19 heteroatoms. The van der Waals surface area contributed by atoms with Crippen molar-refractivity contribution < 1.29 is 45.4 Å². The van der Waals surface area contributed by atoms with Crippen molar-refractivity contribution in [1.82, 2.24) is 40.9 Å². The predicted octanol–water partition coefficient (Wildman–Crippen LogP) is 5.16. The molecule has 3 aliphatic heterocycles. The Morgan fingerprint density at radius 1 is 0.923 bits per heavy atom. The number of hydrogen-bond donors (Lipinski definition) is 5. The van der Waals surface area contributed by atoms with E-state index in [1.165, 1.54) is 12.8 Å². The second-order valence-electron chi connectivity index (χ2n) is 17.6. The van der Waals surface area contributed by atoms with E-state index in [2.05, 4.69) is 48.0 Å². The van der Waals surface area contributed by atoms with Crippen molar-refractivity contribution in [2.45, 2.75) is 89.6 Å². The van der Waals surface area contributed by atoms with Crippen LogP contribution in [0.25, 0.3) is 11.1 Å². The molecule has 2 unspecified atom stereocenters. The molecule has 2 aromatic carbocycles. The van der Waals surface area contributed by atoms with E-state index in [1.807, 2.05) is 12.1 Å². The molecule has 0 saturated carbocycles. The number of carbonyl (C=O) groups excluding carboxylic acids is 2. The number of nitrogens with zero attached hydrogens (tertiary/aromatic N) is 5. The van der Waals surface area contributed by atoms with Gasteiger partial charge < -0.3 is 31.3 Å². The van der Waals surface area contributed by atoms with Crippen LogP contribution in [0.2, 0.25) is 0 Å². The third-order valence-corrected chi connectivity index (χ3v) is 12.6. The first-order chi connectivity index (χ1) is 30.9. The van der Waals surface area contributed by atoms with Gasteiger partial charge in [-0.25, -0.2) is 18.4 Å². The zero-order valence-corrected chi connectivity index (χ0v) is 36.1. The van der Waals surface area contributed by atoms with Gasteiger partial charge in [-0.3, -0.25) is 14.5 Å². The first kappa shape index (κ1) is 47.4. The largest absolute Gasteiger partial charge is 0.396 e. The first-order valence-electron chi connectivity index (χ1n) is 21.5. The number of fused-ring (bicyclic) bond motifs is 2. The Labute approximate surface area is 372 Å². The summed E-state index contributed by atoms with van der Waals surface area (Å²) in [7, 11) is 0. The molecular weight excluding hydrogens is 860 g/mol. The number of halogens is 7. The minimum atomic E-state index is -4.92. The summed E-state index contributed by atoms with van der Waals surface area (Å²) in [6.45, 7) is 3.92. The van der Waals surface area contributed by atoms with Crippen LogP contribution in [0.15, 0.2) is 67.1 Å². The van der Waals surface area contributed by atoms with Gasteiger partial charge in [0.15, 0.2) is 0 Å². The van der Waals surface area contributed by atoms with Gasteiger partial charge in [0.2, 0.25) is 11.8 Å². The number of amides is 2. The number of nitrogens with one attached hydrogen (secondary N) is 4. The van der Waals surface area contributed by atoms with Crippen LogP contribution in [-0.4, -0.2) is 112 Å². The second-order valence-corrected chi connectivity index (χ2v) is 17.6. The lowest BCUT2D eigenvalue weighted by Crippen LogP contribution is -2.61. The van der Waals surface area contributed by atoms with Crippen LogP contribution < -0.4 is 26.2 Å². The standard InChI is InChI=1S/C46H52F7N9O3/c1-27(63)58-42(45(2,3)46(51,52)53)43(65)59-39(40(64)22-55-21-36-37(47)15-32(16-38(36)48)33-20-57-62(24-33)44(49)50)14-29-7-4-28(5-8-29)6-9-30-10-13-41(56-19-30)60-25-34-11-12-35(26-60)61(34)23-31-17-54-18-31/h4-5,7-8,10,13,15-16,19-20,24,31,34-35,39-40,42,44,54-55,64H,11-12,14,17-18,21-23,25-26H2,1-3H3,(H,58,63)(H,59,65)/t34?,35?,39-,40-,42+/m0/s1. The molecule has 4 aromatic rings. The topological polar surface area (TPSA) is 140 Å². The molecule has 2 bridgehead atoms. The van der Waals surface area contributed by atoms with Gasteiger partial charge in [0.05, 0.1) is 23.8 Å². The fourth-order valence-electron chi connectivity index (χ4n) is 8.53. The van der Waals surface area contributed by atoms with Crippen LogP contribution in [0.5, 0.6) is 0 Å². The summed E-state index contributed by atoms with van der Waals surface area (Å²) in [4.78, 5) is 35.4. The number of aromatic nitrogens is 3. The summed E-state index contributed by atoms with van der Waals surface area (Å²) >= 11 is 0. The minimum Gasteiger partial charge on any atom is -0.390 e. The monoisotopic (exact) mass is 911 g/mol. The molecule has 5 N–H and O–H groups in total. The van der Waals surface area contributed by atoms with Crippen molar-refractivity contribution in [3.63, 3.8) is 0 Å². The number of carbonyl (C=O) groups is 2. The van der Waals surface area contributed by atoms with E-state index in [0.717, 1.165) is 89.8 Å². The number of hydrogen-bond acceptors (Lipinski definition) is 9. The normalized spacial score (nSPS) is 19.3. The van der Waals surface area contributed by atoms with E-state index in [0.29, 0.717) is 33.5 Å². The SMILES string of the molecule is CC(=O)N[C@H](C(=O)N[C@@H](Cc1ccc(C#Cc2ccc(N3CC4CCC(C3)N4CC3CNC3)nc2)cc1)[C@@H](O)CNCc1c(F)cc(-c2cnn(C(F)F)c2)cc1F)C(C)(C)C(F)(F)F. The fourth-order valence-corrected chi connectivity index (χ4v) is 8.53. The molecule has 3 fully saturated rings. The van der Waals surface area contributed by atoms with Crippen molar-refractivity contribution in [2.75, 3.05) is 44.2 Å². The molecule has 3 saturated heterocycles. The lowest BCUT2D eigenvalue weighted by molar-refractivity contribution is -0.221. The summed E-state index contributed by atoms with van der Waals surface area (Å²) in [5.41, 5.74) is -1.27. The minimum absolute atomic E-state index is 0.0413. The number of piperazine rings is 1. The molecule has 3 aliphatic rings. The molecule has 7 rings (SSSR count). The summed E-state index contributed by atoms with van der Waals surface area (Å²) in [6.07, 6.45) is -0.445. The highest BCUT2D eigenvalue weighted by Gasteiger charge is 2.55. The van der Waals surface area contributed by atoms with Crippen LogP contribution >= 0.6 is 0 Å². The van der Waals surface area contributed by atoms with Crippen molar-refractivity contribution in [3.8, 4) is 23.0 Å². The van der Waals surface area contributed by atoms with Crippen molar-refractivity contribution in [3.05, 3.63) is 101 Å². The number of anilines is 1. The third kappa shape index (κ3) is 11.3. The fraction of sp³-hybridized carbons (Fsp3) is 0.478. The number of aliphatic hydroxyl groups is 1. The third-order valence-electron chi connectivity index (χ3n) is 12.6. The molecule has 5 atom stereocenters. The van der Waals surface area contributed by atoms with Crippen molar-refractivity contribution in [2.24, 2.45) is 11.3 Å². The quantitative estimate of drug-likeness (QED) is 0.0763. The average Bonchev–Trinajstić information content (AvgIpc) is 3.82. The van der Waals surface area contributed by atoms with Gasteiger partial charge in [0.1, 0.15) is 23.5 Å². The van der Waals surface area contributed by atoms with Gasteiger partial charge in [-0.1, -0.05) is 24.0 Å². The average molecular weight is 912 g/mol. The molecule has 348 valence electrons. The lowest BCUT2D eigenvalue weighted by Gasteiger charge is -2.44. The molecular formula is C46H52F7N9O3. The van der Waals surface area contributed by atoms with Crippen LogP contribution in [0.3, 0.4) is 0 Å². The lowest BCUT2D eigenvalue weighted by atomic mass is 9.82.